The highest BCUT2D eigenvalue weighted by molar-refractivity contribution is 5.76. The fourth-order valence-electron chi connectivity index (χ4n) is 2.29. The molecule has 108 valence electrons. The molecule has 1 aromatic heterocycles. The summed E-state index contributed by atoms with van der Waals surface area (Å²) < 4.78 is 1.18. The standard InChI is InChI=1S/C11H14N4O5/c16-10(6-14-4-3-9(13-14)15(19)20)12-8-2-1-7(5-8)11(17)18/h3-4,7-8H,1-2,5-6H2,(H,12,16)(H,17,18)/t7-,8+/m0/s1. The minimum Gasteiger partial charge on any atom is -0.481 e. The molecule has 9 nitrogen and oxygen atoms in total. The molecule has 2 rings (SSSR count). The first-order valence-corrected chi connectivity index (χ1v) is 6.15. The van der Waals surface area contributed by atoms with Crippen LogP contribution < -0.4 is 5.32 Å². The maximum atomic E-state index is 11.7. The first-order valence-electron chi connectivity index (χ1n) is 6.15. The number of carbonyl (C=O) groups is 2. The van der Waals surface area contributed by atoms with Gasteiger partial charge in [-0.1, -0.05) is 0 Å². The molecule has 0 aromatic carbocycles. The van der Waals surface area contributed by atoms with E-state index in [4.69, 9.17) is 5.11 Å². The van der Waals surface area contributed by atoms with Crippen LogP contribution in [0.5, 0.6) is 0 Å². The summed E-state index contributed by atoms with van der Waals surface area (Å²) in [4.78, 5) is 32.4. The van der Waals surface area contributed by atoms with Crippen LogP contribution in [0.1, 0.15) is 19.3 Å². The molecule has 9 heteroatoms. The molecule has 20 heavy (non-hydrogen) atoms. The predicted molar refractivity (Wildman–Crippen MR) is 65.8 cm³/mol. The normalized spacial score (nSPS) is 21.6. The number of carboxylic acids is 1. The van der Waals surface area contributed by atoms with Crippen LogP contribution in [-0.4, -0.2) is 37.7 Å². The maximum Gasteiger partial charge on any atom is 0.389 e. The summed E-state index contributed by atoms with van der Waals surface area (Å²) in [5.41, 5.74) is 0. The van der Waals surface area contributed by atoms with Gasteiger partial charge in [0.25, 0.3) is 0 Å². The van der Waals surface area contributed by atoms with Gasteiger partial charge < -0.3 is 20.5 Å². The molecule has 1 aromatic rings. The molecule has 1 aliphatic carbocycles. The van der Waals surface area contributed by atoms with E-state index in [1.165, 1.54) is 16.9 Å². The molecule has 1 heterocycles. The summed E-state index contributed by atoms with van der Waals surface area (Å²) in [6.45, 7) is -0.123. The van der Waals surface area contributed by atoms with E-state index in [-0.39, 0.29) is 24.3 Å². The number of nitrogens with one attached hydrogen (secondary N) is 1. The van der Waals surface area contributed by atoms with Crippen LogP contribution in [-0.2, 0) is 16.1 Å². The summed E-state index contributed by atoms with van der Waals surface area (Å²) in [6.07, 6.45) is 2.95. The van der Waals surface area contributed by atoms with Crippen LogP contribution in [0.25, 0.3) is 0 Å². The first kappa shape index (κ1) is 14.0. The number of carboxylic acid groups (broad SMARTS) is 1. The third-order valence-corrected chi connectivity index (χ3v) is 3.27. The number of rotatable bonds is 5. The van der Waals surface area contributed by atoms with Crippen molar-refractivity contribution in [1.82, 2.24) is 15.1 Å². The second-order valence-corrected chi connectivity index (χ2v) is 4.74. The second kappa shape index (κ2) is 5.68. The fourth-order valence-corrected chi connectivity index (χ4v) is 2.29. The highest BCUT2D eigenvalue weighted by Crippen LogP contribution is 2.25. The van der Waals surface area contributed by atoms with E-state index in [9.17, 15) is 19.7 Å². The molecule has 1 saturated carbocycles. The molecule has 0 unspecified atom stereocenters. The summed E-state index contributed by atoms with van der Waals surface area (Å²) >= 11 is 0. The summed E-state index contributed by atoms with van der Waals surface area (Å²) in [6, 6.07) is 1.05. The van der Waals surface area contributed by atoms with Gasteiger partial charge in [-0.3, -0.25) is 9.59 Å². The van der Waals surface area contributed by atoms with E-state index in [1.54, 1.807) is 0 Å². The highest BCUT2D eigenvalue weighted by atomic mass is 16.6. The molecular formula is C11H14N4O5. The SMILES string of the molecule is O=C(Cn1ccc([N+](=O)[O-])n1)N[C@@H]1CC[C@H](C(=O)O)C1. The van der Waals surface area contributed by atoms with Gasteiger partial charge in [0.15, 0.2) is 0 Å². The van der Waals surface area contributed by atoms with E-state index in [0.717, 1.165) is 0 Å². The molecule has 2 atom stereocenters. The lowest BCUT2D eigenvalue weighted by atomic mass is 10.1. The number of carbonyl (C=O) groups excluding carboxylic acids is 1. The van der Waals surface area contributed by atoms with Crippen molar-refractivity contribution in [3.8, 4) is 0 Å². The monoisotopic (exact) mass is 282 g/mol. The average molecular weight is 282 g/mol. The third-order valence-electron chi connectivity index (χ3n) is 3.27. The lowest BCUT2D eigenvalue weighted by molar-refractivity contribution is -0.389. The molecule has 2 N–H and O–H groups in total. The van der Waals surface area contributed by atoms with Crippen LogP contribution in [0.4, 0.5) is 5.82 Å². The van der Waals surface area contributed by atoms with E-state index in [2.05, 4.69) is 10.4 Å². The topological polar surface area (TPSA) is 127 Å². The molecule has 0 radical (unpaired) electrons. The van der Waals surface area contributed by atoms with Crippen LogP contribution in [0.2, 0.25) is 0 Å². The predicted octanol–water partition coefficient (Wildman–Crippen LogP) is 0.161. The molecule has 1 fully saturated rings. The fraction of sp³-hybridized carbons (Fsp3) is 0.545. The molecule has 0 bridgehead atoms. The van der Waals surface area contributed by atoms with Crippen molar-refractivity contribution in [2.24, 2.45) is 5.92 Å². The van der Waals surface area contributed by atoms with Crippen LogP contribution in [0.15, 0.2) is 12.3 Å². The van der Waals surface area contributed by atoms with E-state index in [0.29, 0.717) is 19.3 Å². The minimum absolute atomic E-state index is 0.123. The van der Waals surface area contributed by atoms with Gasteiger partial charge in [0.2, 0.25) is 5.91 Å². The van der Waals surface area contributed by atoms with E-state index in [1.807, 2.05) is 0 Å². The van der Waals surface area contributed by atoms with Crippen molar-refractivity contribution >= 4 is 17.7 Å². The summed E-state index contributed by atoms with van der Waals surface area (Å²) in [5, 5.41) is 25.7. The zero-order valence-electron chi connectivity index (χ0n) is 10.6. The van der Waals surface area contributed by atoms with Crippen molar-refractivity contribution in [3.63, 3.8) is 0 Å². The maximum absolute atomic E-state index is 11.7. The Balaban J connectivity index is 1.83. The highest BCUT2D eigenvalue weighted by Gasteiger charge is 2.30. The summed E-state index contributed by atoms with van der Waals surface area (Å²) in [7, 11) is 0. The molecule has 1 amide bonds. The van der Waals surface area contributed by atoms with Gasteiger partial charge in [-0.2, -0.15) is 4.68 Å². The lowest BCUT2D eigenvalue weighted by Crippen LogP contribution is -2.35. The van der Waals surface area contributed by atoms with Gasteiger partial charge in [-0.15, -0.1) is 0 Å². The summed E-state index contributed by atoms with van der Waals surface area (Å²) in [5.74, 6) is -1.90. The van der Waals surface area contributed by atoms with E-state index < -0.39 is 16.8 Å². The van der Waals surface area contributed by atoms with Gasteiger partial charge in [0.05, 0.1) is 23.3 Å². The minimum atomic E-state index is -0.843. The Labute approximate surface area is 113 Å². The van der Waals surface area contributed by atoms with Crippen molar-refractivity contribution in [2.75, 3.05) is 0 Å². The van der Waals surface area contributed by atoms with Crippen molar-refractivity contribution in [2.45, 2.75) is 31.8 Å². The largest absolute Gasteiger partial charge is 0.481 e. The van der Waals surface area contributed by atoms with Crippen LogP contribution >= 0.6 is 0 Å². The van der Waals surface area contributed by atoms with Crippen molar-refractivity contribution in [1.29, 1.82) is 0 Å². The molecular weight excluding hydrogens is 268 g/mol. The Morgan fingerprint density at radius 1 is 1.55 bits per heavy atom. The smallest absolute Gasteiger partial charge is 0.389 e. The van der Waals surface area contributed by atoms with Crippen LogP contribution in [0, 0.1) is 16.0 Å². The van der Waals surface area contributed by atoms with Gasteiger partial charge >= 0.3 is 11.8 Å². The molecule has 0 spiro atoms. The number of amides is 1. The lowest BCUT2D eigenvalue weighted by Gasteiger charge is -2.11. The Bertz CT molecular complexity index is 541. The van der Waals surface area contributed by atoms with Gasteiger partial charge in [-0.05, 0) is 24.2 Å². The molecule has 0 saturated heterocycles. The Morgan fingerprint density at radius 2 is 2.30 bits per heavy atom. The third kappa shape index (κ3) is 3.31. The van der Waals surface area contributed by atoms with Gasteiger partial charge in [-0.25, -0.2) is 0 Å². The number of nitro groups is 1. The van der Waals surface area contributed by atoms with Crippen molar-refractivity contribution < 1.29 is 19.6 Å². The van der Waals surface area contributed by atoms with Crippen LogP contribution in [0.3, 0.4) is 0 Å². The number of hydrogen-bond donors (Lipinski definition) is 2. The Hall–Kier alpha value is -2.45. The zero-order chi connectivity index (χ0) is 14.7. The average Bonchev–Trinajstić information content (AvgIpc) is 2.98. The Morgan fingerprint density at radius 3 is 2.85 bits per heavy atom. The molecule has 1 aliphatic rings. The van der Waals surface area contributed by atoms with Gasteiger partial charge in [0.1, 0.15) is 6.54 Å². The number of aromatic nitrogens is 2. The zero-order valence-corrected chi connectivity index (χ0v) is 10.6. The second-order valence-electron chi connectivity index (χ2n) is 4.74. The van der Waals surface area contributed by atoms with Crippen molar-refractivity contribution in [3.05, 3.63) is 22.4 Å². The van der Waals surface area contributed by atoms with Gasteiger partial charge in [0, 0.05) is 6.04 Å². The van der Waals surface area contributed by atoms with E-state index >= 15 is 0 Å². The first-order chi connectivity index (χ1) is 9.45. The quantitative estimate of drug-likeness (QED) is 0.585. The number of nitrogens with zero attached hydrogens (tertiary/aromatic N) is 3. The molecule has 0 aliphatic heterocycles. The number of hydrogen-bond acceptors (Lipinski definition) is 5. The Kier molecular flexibility index (Phi) is 3.97. The number of aliphatic carboxylic acids is 1.